The second kappa shape index (κ2) is 7.10. The van der Waals surface area contributed by atoms with E-state index >= 15 is 0 Å². The van der Waals surface area contributed by atoms with Gasteiger partial charge in [-0.05, 0) is 32.2 Å². The molecule has 1 aliphatic rings. The molecule has 0 aromatic rings. The maximum atomic E-state index is 11.7. The maximum absolute atomic E-state index is 11.7. The topological polar surface area (TPSA) is 52.6 Å². The van der Waals surface area contributed by atoms with Crippen molar-refractivity contribution in [2.45, 2.75) is 51.6 Å². The van der Waals surface area contributed by atoms with Gasteiger partial charge in [0.25, 0.3) is 0 Å². The van der Waals surface area contributed by atoms with Gasteiger partial charge in [0.1, 0.15) is 0 Å². The number of hydrogen-bond donors (Lipinski definition) is 2. The maximum Gasteiger partial charge on any atom is 0.234 e. The molecule has 0 aliphatic heterocycles. The van der Waals surface area contributed by atoms with Crippen LogP contribution in [0.4, 0.5) is 0 Å². The zero-order valence-electron chi connectivity index (χ0n) is 12.0. The van der Waals surface area contributed by atoms with E-state index in [0.717, 1.165) is 38.6 Å². The molecule has 4 nitrogen and oxygen atoms in total. The van der Waals surface area contributed by atoms with E-state index < -0.39 is 5.60 Å². The average Bonchev–Trinajstić information content (AvgIpc) is 2.63. The first-order chi connectivity index (χ1) is 8.41. The molecule has 0 bridgehead atoms. The van der Waals surface area contributed by atoms with Crippen LogP contribution in [0.5, 0.6) is 0 Å². The Morgan fingerprint density at radius 2 is 2.00 bits per heavy atom. The first kappa shape index (κ1) is 15.4. The van der Waals surface area contributed by atoms with Crippen molar-refractivity contribution in [3.05, 3.63) is 0 Å². The van der Waals surface area contributed by atoms with Gasteiger partial charge >= 0.3 is 0 Å². The Kier molecular flexibility index (Phi) is 6.09. The lowest BCUT2D eigenvalue weighted by atomic mass is 10.0. The summed E-state index contributed by atoms with van der Waals surface area (Å²) in [5.41, 5.74) is -0.563. The van der Waals surface area contributed by atoms with Crippen LogP contribution in [0.3, 0.4) is 0 Å². The van der Waals surface area contributed by atoms with Crippen molar-refractivity contribution in [1.82, 2.24) is 10.2 Å². The number of aliphatic hydroxyl groups is 1. The third-order valence-corrected chi connectivity index (χ3v) is 3.56. The fourth-order valence-corrected chi connectivity index (χ4v) is 2.55. The number of likely N-dealkylation sites (N-methyl/N-ethyl adjacent to an activating group) is 1. The summed E-state index contributed by atoms with van der Waals surface area (Å²) < 4.78 is 0. The predicted octanol–water partition coefficient (Wildman–Crippen LogP) is 1.39. The Bertz CT molecular complexity index is 261. The van der Waals surface area contributed by atoms with E-state index in [-0.39, 0.29) is 5.91 Å². The number of carbonyl (C=O) groups excluding carboxylic acids is 1. The van der Waals surface area contributed by atoms with Gasteiger partial charge in [-0.15, -0.1) is 0 Å². The van der Waals surface area contributed by atoms with E-state index in [1.165, 1.54) is 0 Å². The second-order valence-electron chi connectivity index (χ2n) is 6.14. The zero-order chi connectivity index (χ0) is 13.6. The van der Waals surface area contributed by atoms with Crippen LogP contribution in [-0.4, -0.2) is 48.2 Å². The first-order valence-electron chi connectivity index (χ1n) is 7.09. The molecule has 0 aromatic carbocycles. The lowest BCUT2D eigenvalue weighted by molar-refractivity contribution is -0.122. The molecule has 0 saturated heterocycles. The molecule has 0 heterocycles. The van der Waals surface area contributed by atoms with E-state index in [1.807, 2.05) is 11.9 Å². The highest BCUT2D eigenvalue weighted by molar-refractivity contribution is 5.77. The van der Waals surface area contributed by atoms with Crippen molar-refractivity contribution in [3.63, 3.8) is 0 Å². The minimum absolute atomic E-state index is 0.0553. The molecule has 1 fully saturated rings. The van der Waals surface area contributed by atoms with Crippen molar-refractivity contribution in [1.29, 1.82) is 0 Å². The third kappa shape index (κ3) is 5.83. The lowest BCUT2D eigenvalue weighted by Gasteiger charge is -2.28. The lowest BCUT2D eigenvalue weighted by Crippen LogP contribution is -2.43. The SMILES string of the molecule is CC(C)CCNC(=O)CN(C)CC1(O)CCCC1. The molecule has 1 aliphatic carbocycles. The molecule has 1 saturated carbocycles. The van der Waals surface area contributed by atoms with Gasteiger partial charge in [0, 0.05) is 13.1 Å². The summed E-state index contributed by atoms with van der Waals surface area (Å²) in [5, 5.41) is 13.2. The van der Waals surface area contributed by atoms with Gasteiger partial charge in [0.05, 0.1) is 12.1 Å². The van der Waals surface area contributed by atoms with Crippen molar-refractivity contribution in [3.8, 4) is 0 Å². The second-order valence-corrected chi connectivity index (χ2v) is 6.14. The van der Waals surface area contributed by atoms with E-state index in [1.54, 1.807) is 0 Å². The van der Waals surface area contributed by atoms with Crippen LogP contribution in [0.15, 0.2) is 0 Å². The smallest absolute Gasteiger partial charge is 0.234 e. The van der Waals surface area contributed by atoms with Crippen LogP contribution in [0.1, 0.15) is 46.0 Å². The number of carbonyl (C=O) groups is 1. The average molecular weight is 256 g/mol. The summed E-state index contributed by atoms with van der Waals surface area (Å²) in [4.78, 5) is 13.6. The standard InChI is InChI=1S/C14H28N2O2/c1-12(2)6-9-15-13(17)10-16(3)11-14(18)7-4-5-8-14/h12,18H,4-11H2,1-3H3,(H,15,17). The summed E-state index contributed by atoms with van der Waals surface area (Å²) in [6.07, 6.45) is 4.95. The van der Waals surface area contributed by atoms with Gasteiger partial charge in [-0.1, -0.05) is 26.7 Å². The van der Waals surface area contributed by atoms with Gasteiger partial charge in [-0.2, -0.15) is 0 Å². The van der Waals surface area contributed by atoms with E-state index in [9.17, 15) is 9.90 Å². The molecule has 0 aromatic heterocycles. The third-order valence-electron chi connectivity index (χ3n) is 3.56. The van der Waals surface area contributed by atoms with E-state index in [4.69, 9.17) is 0 Å². The van der Waals surface area contributed by atoms with Crippen LogP contribution in [0.25, 0.3) is 0 Å². The number of nitrogens with one attached hydrogen (secondary N) is 1. The zero-order valence-corrected chi connectivity index (χ0v) is 12.0. The first-order valence-corrected chi connectivity index (χ1v) is 7.09. The van der Waals surface area contributed by atoms with Crippen LogP contribution in [-0.2, 0) is 4.79 Å². The van der Waals surface area contributed by atoms with Gasteiger partial charge < -0.3 is 10.4 Å². The van der Waals surface area contributed by atoms with Crippen LogP contribution < -0.4 is 5.32 Å². The summed E-state index contributed by atoms with van der Waals surface area (Å²) in [7, 11) is 1.90. The fraction of sp³-hybridized carbons (Fsp3) is 0.929. The molecular weight excluding hydrogens is 228 g/mol. The molecule has 0 unspecified atom stereocenters. The van der Waals surface area contributed by atoms with Crippen molar-refractivity contribution < 1.29 is 9.90 Å². The minimum Gasteiger partial charge on any atom is -0.389 e. The van der Waals surface area contributed by atoms with Gasteiger partial charge in [-0.25, -0.2) is 0 Å². The fourth-order valence-electron chi connectivity index (χ4n) is 2.55. The van der Waals surface area contributed by atoms with Gasteiger partial charge in [0.2, 0.25) is 5.91 Å². The van der Waals surface area contributed by atoms with Crippen LogP contribution in [0.2, 0.25) is 0 Å². The highest BCUT2D eigenvalue weighted by Crippen LogP contribution is 2.29. The monoisotopic (exact) mass is 256 g/mol. The highest BCUT2D eigenvalue weighted by Gasteiger charge is 2.32. The van der Waals surface area contributed by atoms with E-state index in [2.05, 4.69) is 19.2 Å². The molecule has 0 radical (unpaired) electrons. The molecule has 1 amide bonds. The number of rotatable bonds is 7. The summed E-state index contributed by atoms with van der Waals surface area (Å²) in [6, 6.07) is 0. The Hall–Kier alpha value is -0.610. The molecule has 0 atom stereocenters. The Labute approximate surface area is 111 Å². The van der Waals surface area contributed by atoms with Crippen LogP contribution in [0, 0.1) is 5.92 Å². The summed E-state index contributed by atoms with van der Waals surface area (Å²) in [5.74, 6) is 0.668. The molecule has 18 heavy (non-hydrogen) atoms. The highest BCUT2D eigenvalue weighted by atomic mass is 16.3. The molecular formula is C14H28N2O2. The molecule has 106 valence electrons. The van der Waals surface area contributed by atoms with Crippen molar-refractivity contribution in [2.75, 3.05) is 26.7 Å². The molecule has 0 spiro atoms. The molecule has 2 N–H and O–H groups in total. The summed E-state index contributed by atoms with van der Waals surface area (Å²) in [6.45, 7) is 6.02. The van der Waals surface area contributed by atoms with Gasteiger partial charge in [-0.3, -0.25) is 9.69 Å². The number of hydrogen-bond acceptors (Lipinski definition) is 3. The van der Waals surface area contributed by atoms with E-state index in [0.29, 0.717) is 19.0 Å². The quantitative estimate of drug-likeness (QED) is 0.723. The molecule has 4 heteroatoms. The predicted molar refractivity (Wildman–Crippen MR) is 73.4 cm³/mol. The Morgan fingerprint density at radius 3 is 2.56 bits per heavy atom. The van der Waals surface area contributed by atoms with Crippen molar-refractivity contribution in [2.24, 2.45) is 5.92 Å². The largest absolute Gasteiger partial charge is 0.389 e. The molecule has 1 rings (SSSR count). The van der Waals surface area contributed by atoms with Crippen LogP contribution >= 0.6 is 0 Å². The number of amides is 1. The Balaban J connectivity index is 2.18. The summed E-state index contributed by atoms with van der Waals surface area (Å²) >= 11 is 0. The van der Waals surface area contributed by atoms with Crippen molar-refractivity contribution >= 4 is 5.91 Å². The minimum atomic E-state index is -0.563. The van der Waals surface area contributed by atoms with Gasteiger partial charge in [0.15, 0.2) is 0 Å². The Morgan fingerprint density at radius 1 is 1.39 bits per heavy atom. The number of nitrogens with zero attached hydrogens (tertiary/aromatic N) is 1. The normalized spacial score (nSPS) is 18.6.